The molecule has 0 saturated heterocycles. The minimum Gasteiger partial charge on any atom is -0.310 e. The summed E-state index contributed by atoms with van der Waals surface area (Å²) in [7, 11) is 0. The Balaban J connectivity index is 1.11. The van der Waals surface area contributed by atoms with Crippen molar-refractivity contribution in [1.82, 2.24) is 4.57 Å². The fraction of sp³-hybridized carbons (Fsp3) is 0. The van der Waals surface area contributed by atoms with E-state index in [2.05, 4.69) is 240 Å². The quantitative estimate of drug-likeness (QED) is 0.164. The molecule has 0 bridgehead atoms. The van der Waals surface area contributed by atoms with Crippen LogP contribution in [-0.4, -0.2) is 4.57 Å². The van der Waals surface area contributed by atoms with Crippen LogP contribution >= 0.6 is 0 Å². The van der Waals surface area contributed by atoms with E-state index in [0.29, 0.717) is 0 Å². The molecule has 0 aliphatic heterocycles. The molecule has 1 aliphatic rings. The highest BCUT2D eigenvalue weighted by molar-refractivity contribution is 6.15. The molecule has 12 rings (SSSR count). The van der Waals surface area contributed by atoms with E-state index in [0.717, 1.165) is 22.7 Å². The number of para-hydroxylation sites is 1. The Hall–Kier alpha value is -7.94. The van der Waals surface area contributed by atoms with Crippen molar-refractivity contribution in [1.29, 1.82) is 0 Å². The molecular formula is C58H38N2. The zero-order valence-electron chi connectivity index (χ0n) is 32.8. The highest BCUT2D eigenvalue weighted by Gasteiger charge is 2.29. The third kappa shape index (κ3) is 5.50. The molecule has 0 fully saturated rings. The predicted octanol–water partition coefficient (Wildman–Crippen LogP) is 15.5. The molecule has 1 aromatic heterocycles. The van der Waals surface area contributed by atoms with Gasteiger partial charge in [0.15, 0.2) is 0 Å². The van der Waals surface area contributed by atoms with Crippen molar-refractivity contribution in [3.63, 3.8) is 0 Å². The number of rotatable bonds is 6. The van der Waals surface area contributed by atoms with Gasteiger partial charge >= 0.3 is 0 Å². The Morgan fingerprint density at radius 2 is 0.833 bits per heavy atom. The monoisotopic (exact) mass is 762 g/mol. The average Bonchev–Trinajstić information content (AvgIpc) is 3.82. The molecular weight excluding hydrogens is 725 g/mol. The number of hydrogen-bond acceptors (Lipinski definition) is 1. The van der Waals surface area contributed by atoms with Gasteiger partial charge in [-0.1, -0.05) is 170 Å². The number of nitrogens with zero attached hydrogens (tertiary/aromatic N) is 2. The molecule has 1 heterocycles. The minimum atomic E-state index is 1.10. The lowest BCUT2D eigenvalue weighted by molar-refractivity contribution is 1.18. The van der Waals surface area contributed by atoms with E-state index in [1.807, 2.05) is 0 Å². The smallest absolute Gasteiger partial charge is 0.0542 e. The molecule has 11 aromatic rings. The summed E-state index contributed by atoms with van der Waals surface area (Å²) >= 11 is 0. The van der Waals surface area contributed by atoms with Crippen LogP contribution in [0.3, 0.4) is 0 Å². The topological polar surface area (TPSA) is 8.17 Å². The number of hydrogen-bond donors (Lipinski definition) is 0. The van der Waals surface area contributed by atoms with Gasteiger partial charge in [0.1, 0.15) is 0 Å². The Labute approximate surface area is 349 Å². The molecule has 0 saturated carbocycles. The van der Waals surface area contributed by atoms with Crippen molar-refractivity contribution in [2.45, 2.75) is 0 Å². The van der Waals surface area contributed by atoms with E-state index in [1.54, 1.807) is 0 Å². The lowest BCUT2D eigenvalue weighted by atomic mass is 9.88. The summed E-state index contributed by atoms with van der Waals surface area (Å²) in [4.78, 5) is 2.44. The molecule has 0 radical (unpaired) electrons. The van der Waals surface area contributed by atoms with Crippen molar-refractivity contribution in [2.75, 3.05) is 4.90 Å². The maximum Gasteiger partial charge on any atom is 0.0542 e. The first kappa shape index (κ1) is 34.1. The summed E-state index contributed by atoms with van der Waals surface area (Å²) in [6.07, 6.45) is 0. The van der Waals surface area contributed by atoms with E-state index >= 15 is 0 Å². The number of benzene rings is 10. The zero-order valence-corrected chi connectivity index (χ0v) is 32.8. The molecule has 2 nitrogen and oxygen atoms in total. The predicted molar refractivity (Wildman–Crippen MR) is 254 cm³/mol. The van der Waals surface area contributed by atoms with Crippen LogP contribution in [0, 0.1) is 0 Å². The van der Waals surface area contributed by atoms with Crippen LogP contribution in [0.2, 0.25) is 0 Å². The van der Waals surface area contributed by atoms with Crippen molar-refractivity contribution in [3.8, 4) is 16.8 Å². The number of aromatic nitrogens is 1. The van der Waals surface area contributed by atoms with Crippen molar-refractivity contribution in [3.05, 3.63) is 253 Å². The van der Waals surface area contributed by atoms with Crippen LogP contribution in [0.15, 0.2) is 231 Å². The van der Waals surface area contributed by atoms with E-state index < -0.39 is 0 Å². The lowest BCUT2D eigenvalue weighted by Gasteiger charge is -2.27. The summed E-state index contributed by atoms with van der Waals surface area (Å²) in [5.74, 6) is 0. The summed E-state index contributed by atoms with van der Waals surface area (Å²) in [5, 5.41) is 7.34. The average molecular weight is 763 g/mol. The molecule has 0 spiro atoms. The third-order valence-corrected chi connectivity index (χ3v) is 12.3. The van der Waals surface area contributed by atoms with Crippen LogP contribution in [0.4, 0.5) is 17.1 Å². The molecule has 0 N–H and O–H groups in total. The second-order valence-electron chi connectivity index (χ2n) is 15.7. The van der Waals surface area contributed by atoms with Gasteiger partial charge in [-0.2, -0.15) is 0 Å². The Kier molecular flexibility index (Phi) is 7.89. The highest BCUT2D eigenvalue weighted by atomic mass is 15.1. The first-order valence-electron chi connectivity index (χ1n) is 20.7. The van der Waals surface area contributed by atoms with Crippen molar-refractivity contribution < 1.29 is 0 Å². The van der Waals surface area contributed by atoms with Gasteiger partial charge in [0, 0.05) is 33.5 Å². The van der Waals surface area contributed by atoms with Crippen LogP contribution < -0.4 is 4.90 Å². The second-order valence-corrected chi connectivity index (χ2v) is 15.7. The normalized spacial score (nSPS) is 12.0. The summed E-state index contributed by atoms with van der Waals surface area (Å²) in [5.41, 5.74) is 16.7. The van der Waals surface area contributed by atoms with Gasteiger partial charge in [-0.25, -0.2) is 0 Å². The molecule has 0 unspecified atom stereocenters. The lowest BCUT2D eigenvalue weighted by Crippen LogP contribution is -2.10. The minimum absolute atomic E-state index is 1.10. The maximum atomic E-state index is 2.44. The molecule has 280 valence electrons. The van der Waals surface area contributed by atoms with Gasteiger partial charge in [0.25, 0.3) is 0 Å². The molecule has 60 heavy (non-hydrogen) atoms. The second kappa shape index (κ2) is 13.9. The van der Waals surface area contributed by atoms with E-state index in [4.69, 9.17) is 0 Å². The van der Waals surface area contributed by atoms with Gasteiger partial charge in [0.05, 0.1) is 11.0 Å². The van der Waals surface area contributed by atoms with Crippen LogP contribution in [0.1, 0.15) is 22.3 Å². The summed E-state index contributed by atoms with van der Waals surface area (Å²) < 4.78 is 2.42. The Bertz CT molecular complexity index is 3440. The van der Waals surface area contributed by atoms with Gasteiger partial charge in [-0.3, -0.25) is 0 Å². The van der Waals surface area contributed by atoms with Gasteiger partial charge in [0.2, 0.25) is 0 Å². The standard InChI is InChI=1S/C58H38N2/c1-3-17-41(18-4-1)57(42-19-5-2-6-20-42)58-52-25-12-11-23-49(52)50-33-31-47(38-54(50)58)59(45-29-27-39-15-7-9-21-43(39)35-45)48-32-34-56-53(37-48)51-24-13-14-26-55(51)60(56)46-30-28-40-16-8-10-22-44(40)36-46/h1-38H. The van der Waals surface area contributed by atoms with Crippen molar-refractivity contribution in [2.24, 2.45) is 0 Å². The van der Waals surface area contributed by atoms with Gasteiger partial charge < -0.3 is 9.47 Å². The molecule has 2 heteroatoms. The maximum absolute atomic E-state index is 2.44. The Morgan fingerprint density at radius 1 is 0.317 bits per heavy atom. The van der Waals surface area contributed by atoms with Crippen LogP contribution in [0.25, 0.3) is 71.3 Å². The summed E-state index contributed by atoms with van der Waals surface area (Å²) in [6, 6.07) is 84.4. The number of fused-ring (bicyclic) bond motifs is 8. The van der Waals surface area contributed by atoms with E-state index in [1.165, 1.54) is 87.9 Å². The first-order chi connectivity index (χ1) is 29.8. The van der Waals surface area contributed by atoms with Crippen molar-refractivity contribution >= 4 is 71.6 Å². The molecule has 0 amide bonds. The van der Waals surface area contributed by atoms with E-state index in [9.17, 15) is 0 Å². The molecule has 1 aliphatic carbocycles. The Morgan fingerprint density at radius 3 is 1.58 bits per heavy atom. The highest BCUT2D eigenvalue weighted by Crippen LogP contribution is 2.51. The third-order valence-electron chi connectivity index (χ3n) is 12.3. The first-order valence-corrected chi connectivity index (χ1v) is 20.7. The van der Waals surface area contributed by atoms with Crippen LogP contribution in [-0.2, 0) is 0 Å². The SMILES string of the molecule is c1ccc(C(=C2c3ccccc3-c3ccc(N(c4ccc5ccccc5c4)c4ccc5c(c4)c4ccccc4n5-c4ccc5ccccc5c4)cc32)c2ccccc2)cc1. The fourth-order valence-corrected chi connectivity index (χ4v) is 9.59. The molecule has 0 atom stereocenters. The zero-order chi connectivity index (χ0) is 39.6. The molecule has 10 aromatic carbocycles. The number of anilines is 3. The fourth-order valence-electron chi connectivity index (χ4n) is 9.59. The van der Waals surface area contributed by atoms with Gasteiger partial charge in [-0.15, -0.1) is 0 Å². The largest absolute Gasteiger partial charge is 0.310 e. The van der Waals surface area contributed by atoms with Gasteiger partial charge in [-0.05, 0) is 127 Å². The summed E-state index contributed by atoms with van der Waals surface area (Å²) in [6.45, 7) is 0. The van der Waals surface area contributed by atoms with E-state index in [-0.39, 0.29) is 0 Å². The van der Waals surface area contributed by atoms with Crippen LogP contribution in [0.5, 0.6) is 0 Å².